The lowest BCUT2D eigenvalue weighted by Crippen LogP contribution is -2.45. The van der Waals surface area contributed by atoms with Crippen LogP contribution in [0.1, 0.15) is 49.3 Å². The molecule has 13 heteroatoms. The topological polar surface area (TPSA) is 122 Å². The quantitative estimate of drug-likeness (QED) is 0.494. The van der Waals surface area contributed by atoms with Crippen LogP contribution >= 0.6 is 0 Å². The molecular weight excluding hydrogens is 542 g/mol. The number of hydrogen-bond donors (Lipinski definition) is 1. The normalized spacial score (nSPS) is 15.4. The molecular formula is C29H43N7O6. The maximum atomic E-state index is 13.6. The fourth-order valence-electron chi connectivity index (χ4n) is 4.95. The number of rotatable bonds is 8. The number of ether oxygens (including phenoxy) is 3. The number of fused-ring (bicyclic) bond motifs is 1. The molecule has 4 rings (SSSR count). The Labute approximate surface area is 247 Å². The van der Waals surface area contributed by atoms with Crippen molar-refractivity contribution in [3.8, 4) is 0 Å². The summed E-state index contributed by atoms with van der Waals surface area (Å²) < 4.78 is 17.1. The minimum atomic E-state index is -0.682. The third-order valence-electron chi connectivity index (χ3n) is 7.23. The Bertz CT molecular complexity index is 1300. The number of nitrogens with zero attached hydrogens (tertiary/aromatic N) is 6. The summed E-state index contributed by atoms with van der Waals surface area (Å²) in [6.45, 7) is 12.3. The number of benzene rings is 1. The number of nitrogens with one attached hydrogen (secondary N) is 1. The first-order valence-electron chi connectivity index (χ1n) is 14.3. The third kappa shape index (κ3) is 7.13. The monoisotopic (exact) mass is 585 g/mol. The molecule has 2 aromatic rings. The van der Waals surface area contributed by atoms with Crippen LogP contribution in [0.3, 0.4) is 0 Å². The van der Waals surface area contributed by atoms with Crippen LogP contribution in [-0.4, -0.2) is 110 Å². The summed E-state index contributed by atoms with van der Waals surface area (Å²) in [5, 5.41) is 7.25. The highest BCUT2D eigenvalue weighted by Crippen LogP contribution is 2.33. The molecule has 1 saturated heterocycles. The van der Waals surface area contributed by atoms with Crippen LogP contribution in [0.15, 0.2) is 18.2 Å². The number of carbonyl (C=O) groups excluding carboxylic acids is 3. The molecule has 0 radical (unpaired) electrons. The van der Waals surface area contributed by atoms with E-state index in [1.54, 1.807) is 40.9 Å². The Morgan fingerprint density at radius 2 is 1.79 bits per heavy atom. The lowest BCUT2D eigenvalue weighted by molar-refractivity contribution is 0.0238. The van der Waals surface area contributed by atoms with Gasteiger partial charge in [-0.25, -0.2) is 9.59 Å². The molecule has 0 unspecified atom stereocenters. The van der Waals surface area contributed by atoms with Gasteiger partial charge in [-0.15, -0.1) is 5.10 Å². The number of aromatic nitrogens is 2. The first kappa shape index (κ1) is 31.1. The number of amides is 2. The van der Waals surface area contributed by atoms with Crippen LogP contribution in [0.5, 0.6) is 0 Å². The molecule has 0 atom stereocenters. The Balaban J connectivity index is 1.61. The maximum Gasteiger partial charge on any atom is 0.435 e. The van der Waals surface area contributed by atoms with Gasteiger partial charge in [-0.1, -0.05) is 0 Å². The zero-order valence-corrected chi connectivity index (χ0v) is 25.7. The largest absolute Gasteiger partial charge is 0.448 e. The zero-order chi connectivity index (χ0) is 30.6. The van der Waals surface area contributed by atoms with Gasteiger partial charge in [0.2, 0.25) is 0 Å². The second-order valence-corrected chi connectivity index (χ2v) is 11.6. The summed E-state index contributed by atoms with van der Waals surface area (Å²) in [6.07, 6.45) is -1.20. The van der Waals surface area contributed by atoms with E-state index in [2.05, 4.69) is 32.2 Å². The van der Waals surface area contributed by atoms with E-state index in [0.717, 1.165) is 42.2 Å². The van der Waals surface area contributed by atoms with Crippen LogP contribution in [0.2, 0.25) is 0 Å². The van der Waals surface area contributed by atoms with Gasteiger partial charge in [0.15, 0.2) is 5.82 Å². The minimum absolute atomic E-state index is 0.0973. The second-order valence-electron chi connectivity index (χ2n) is 11.6. The molecule has 0 saturated carbocycles. The first-order valence-corrected chi connectivity index (χ1v) is 14.3. The Hall–Kier alpha value is -3.84. The average molecular weight is 586 g/mol. The number of carbonyl (C=O) groups is 3. The van der Waals surface area contributed by atoms with Crippen molar-refractivity contribution in [2.24, 2.45) is 0 Å². The second kappa shape index (κ2) is 13.0. The highest BCUT2D eigenvalue weighted by molar-refractivity contribution is 6.05. The molecule has 0 aliphatic carbocycles. The van der Waals surface area contributed by atoms with Crippen molar-refractivity contribution in [3.63, 3.8) is 0 Å². The van der Waals surface area contributed by atoms with Crippen molar-refractivity contribution in [3.05, 3.63) is 35.0 Å². The molecule has 42 heavy (non-hydrogen) atoms. The minimum Gasteiger partial charge on any atom is -0.448 e. The fourth-order valence-corrected chi connectivity index (χ4v) is 4.95. The van der Waals surface area contributed by atoms with E-state index in [0.29, 0.717) is 30.0 Å². The van der Waals surface area contributed by atoms with E-state index in [1.165, 1.54) is 4.90 Å². The predicted octanol–water partition coefficient (Wildman–Crippen LogP) is 3.23. The van der Waals surface area contributed by atoms with Crippen molar-refractivity contribution in [1.82, 2.24) is 19.6 Å². The van der Waals surface area contributed by atoms with Crippen molar-refractivity contribution in [2.45, 2.75) is 46.4 Å². The van der Waals surface area contributed by atoms with Gasteiger partial charge in [-0.2, -0.15) is 4.68 Å². The number of likely N-dealkylation sites (N-methyl/N-ethyl adjacent to an activating group) is 2. The number of methoxy groups -OCH3 is 1. The highest BCUT2D eigenvalue weighted by atomic mass is 16.6. The summed E-state index contributed by atoms with van der Waals surface area (Å²) in [7, 11) is 5.76. The fraction of sp³-hybridized carbons (Fsp3) is 0.586. The SMILES string of the molecule is CCOC(=O)n1nc(NC(=O)c2ccc(N3CCN(C)CC3)c(N(C)CCOC)c2)c2c1CN(C(=O)OC(C)(C)C)C2. The summed E-state index contributed by atoms with van der Waals surface area (Å²) in [4.78, 5) is 47.3. The molecule has 1 aromatic heterocycles. The molecule has 2 aliphatic rings. The van der Waals surface area contributed by atoms with Crippen LogP contribution in [0, 0.1) is 0 Å². The molecule has 0 spiro atoms. The van der Waals surface area contributed by atoms with Crippen molar-refractivity contribution >= 4 is 35.3 Å². The Morgan fingerprint density at radius 3 is 2.43 bits per heavy atom. The summed E-state index contributed by atoms with van der Waals surface area (Å²) in [6, 6.07) is 5.64. The average Bonchev–Trinajstić information content (AvgIpc) is 3.52. The van der Waals surface area contributed by atoms with Gasteiger partial charge >= 0.3 is 12.2 Å². The van der Waals surface area contributed by atoms with E-state index in [9.17, 15) is 14.4 Å². The van der Waals surface area contributed by atoms with Gasteiger partial charge in [0, 0.05) is 58.0 Å². The van der Waals surface area contributed by atoms with Gasteiger partial charge in [-0.05, 0) is 52.9 Å². The Kier molecular flexibility index (Phi) is 9.62. The van der Waals surface area contributed by atoms with Crippen LogP contribution < -0.4 is 15.1 Å². The van der Waals surface area contributed by atoms with Crippen LogP contribution in [-0.2, 0) is 27.3 Å². The van der Waals surface area contributed by atoms with Gasteiger partial charge in [-0.3, -0.25) is 9.69 Å². The summed E-state index contributed by atoms with van der Waals surface area (Å²) >= 11 is 0. The third-order valence-corrected chi connectivity index (χ3v) is 7.23. The van der Waals surface area contributed by atoms with Gasteiger partial charge in [0.1, 0.15) is 5.60 Å². The molecule has 230 valence electrons. The first-order chi connectivity index (χ1) is 19.9. The van der Waals surface area contributed by atoms with E-state index in [4.69, 9.17) is 14.2 Å². The molecule has 0 bridgehead atoms. The van der Waals surface area contributed by atoms with Crippen molar-refractivity contribution in [1.29, 1.82) is 0 Å². The van der Waals surface area contributed by atoms with Gasteiger partial charge < -0.3 is 34.2 Å². The molecule has 1 aromatic carbocycles. The smallest absolute Gasteiger partial charge is 0.435 e. The number of piperazine rings is 1. The highest BCUT2D eigenvalue weighted by Gasteiger charge is 2.35. The van der Waals surface area contributed by atoms with E-state index in [-0.39, 0.29) is 31.4 Å². The van der Waals surface area contributed by atoms with Crippen LogP contribution in [0.25, 0.3) is 0 Å². The van der Waals surface area contributed by atoms with E-state index < -0.39 is 17.8 Å². The predicted molar refractivity (Wildman–Crippen MR) is 159 cm³/mol. The van der Waals surface area contributed by atoms with E-state index in [1.807, 2.05) is 19.2 Å². The maximum absolute atomic E-state index is 13.6. The molecule has 13 nitrogen and oxygen atoms in total. The Morgan fingerprint density at radius 1 is 1.07 bits per heavy atom. The zero-order valence-electron chi connectivity index (χ0n) is 25.7. The van der Waals surface area contributed by atoms with Crippen molar-refractivity contribution < 1.29 is 28.6 Å². The van der Waals surface area contributed by atoms with Gasteiger partial charge in [0.05, 0.1) is 43.4 Å². The molecule has 2 aliphatic heterocycles. The van der Waals surface area contributed by atoms with Crippen LogP contribution in [0.4, 0.5) is 26.8 Å². The molecule has 3 heterocycles. The lowest BCUT2D eigenvalue weighted by Gasteiger charge is -2.36. The summed E-state index contributed by atoms with van der Waals surface area (Å²) in [5.41, 5.74) is 2.77. The van der Waals surface area contributed by atoms with Crippen molar-refractivity contribution in [2.75, 3.05) is 82.3 Å². The lowest BCUT2D eigenvalue weighted by atomic mass is 10.1. The molecule has 1 N–H and O–H groups in total. The number of anilines is 3. The molecule has 2 amide bonds. The van der Waals surface area contributed by atoms with Gasteiger partial charge in [0.25, 0.3) is 5.91 Å². The number of hydrogen-bond acceptors (Lipinski definition) is 10. The molecule has 1 fully saturated rings. The summed E-state index contributed by atoms with van der Waals surface area (Å²) in [5.74, 6) is -0.181. The standard InChI is InChI=1S/C29H43N7O6/c1-8-41-28(39)36-24-19-35(27(38)42-29(2,3)4)18-21(24)25(31-36)30-26(37)20-9-10-22(34-13-11-32(5)12-14-34)23(17-20)33(6)15-16-40-7/h9-10,17H,8,11-16,18-19H2,1-7H3,(H,30,31,37). The van der Waals surface area contributed by atoms with E-state index >= 15 is 0 Å².